The topological polar surface area (TPSA) is 12.0 Å². The average molecular weight is 362 g/mol. The monoisotopic (exact) mass is 361 g/mol. The summed E-state index contributed by atoms with van der Waals surface area (Å²) in [5, 5.41) is 4.31. The second-order valence-corrected chi connectivity index (χ2v) is 5.40. The molecule has 0 fully saturated rings. The molecule has 0 heterocycles. The van der Waals surface area contributed by atoms with Gasteiger partial charge in [0.2, 0.25) is 0 Å². The van der Waals surface area contributed by atoms with Crippen molar-refractivity contribution < 1.29 is 0 Å². The molecule has 0 spiro atoms. The minimum Gasteiger partial charge on any atom is -0.309 e. The van der Waals surface area contributed by atoms with Gasteiger partial charge in [0.15, 0.2) is 0 Å². The van der Waals surface area contributed by atoms with Gasteiger partial charge in [0.1, 0.15) is 0 Å². The lowest BCUT2D eigenvalue weighted by molar-refractivity contribution is 0.540. The van der Waals surface area contributed by atoms with Gasteiger partial charge in [-0.3, -0.25) is 0 Å². The molecule has 1 rings (SSSR count). The van der Waals surface area contributed by atoms with Gasteiger partial charge in [0.25, 0.3) is 0 Å². The van der Waals surface area contributed by atoms with Crippen molar-refractivity contribution in [2.24, 2.45) is 0 Å². The van der Waals surface area contributed by atoms with Crippen LogP contribution in [0.3, 0.4) is 0 Å². The van der Waals surface area contributed by atoms with Gasteiger partial charge < -0.3 is 5.32 Å². The molecule has 0 aliphatic heterocycles. The van der Waals surface area contributed by atoms with Gasteiger partial charge in [-0.1, -0.05) is 18.5 Å². The van der Waals surface area contributed by atoms with E-state index in [1.807, 2.05) is 19.1 Å². The molecule has 1 unspecified atom stereocenters. The Morgan fingerprint density at radius 3 is 2.88 bits per heavy atom. The first-order chi connectivity index (χ1) is 8.19. The molecule has 0 aromatic heterocycles. The highest BCUT2D eigenvalue weighted by atomic mass is 127. The number of rotatable bonds is 5. The van der Waals surface area contributed by atoms with Crippen molar-refractivity contribution in [1.82, 2.24) is 5.32 Å². The number of hydrogen-bond donors (Lipinski definition) is 1. The summed E-state index contributed by atoms with van der Waals surface area (Å²) in [6.07, 6.45) is 1.94. The molecular formula is C14H17ClIN. The van der Waals surface area contributed by atoms with Crippen LogP contribution >= 0.6 is 34.2 Å². The molecule has 0 saturated carbocycles. The summed E-state index contributed by atoms with van der Waals surface area (Å²) in [6.45, 7) is 5.04. The lowest BCUT2D eigenvalue weighted by Gasteiger charge is -2.18. The van der Waals surface area contributed by atoms with E-state index in [1.165, 1.54) is 9.13 Å². The zero-order valence-electron chi connectivity index (χ0n) is 10.2. The number of hydrogen-bond acceptors (Lipinski definition) is 1. The Labute approximate surface area is 122 Å². The minimum atomic E-state index is 0.271. The van der Waals surface area contributed by atoms with Crippen molar-refractivity contribution in [2.45, 2.75) is 32.7 Å². The standard InChI is InChI=1S/C14H17ClIN/c1-3-5-6-14(17-9-4-2)12-10-11(15)7-8-13(12)16/h7-8,10,14,17H,4,6,9H2,1-2H3. The van der Waals surface area contributed by atoms with E-state index in [1.54, 1.807) is 0 Å². The van der Waals surface area contributed by atoms with Gasteiger partial charge in [-0.05, 0) is 66.2 Å². The first kappa shape index (κ1) is 14.8. The second kappa shape index (κ2) is 7.97. The molecule has 0 radical (unpaired) electrons. The van der Waals surface area contributed by atoms with E-state index >= 15 is 0 Å². The molecule has 92 valence electrons. The van der Waals surface area contributed by atoms with Gasteiger partial charge in [-0.25, -0.2) is 0 Å². The van der Waals surface area contributed by atoms with Crippen LogP contribution in [0.5, 0.6) is 0 Å². The van der Waals surface area contributed by atoms with Gasteiger partial charge in [0.05, 0.1) is 0 Å². The van der Waals surface area contributed by atoms with E-state index in [-0.39, 0.29) is 6.04 Å². The van der Waals surface area contributed by atoms with Crippen LogP contribution in [-0.2, 0) is 0 Å². The van der Waals surface area contributed by atoms with Crippen molar-refractivity contribution in [1.29, 1.82) is 0 Å². The van der Waals surface area contributed by atoms with Crippen molar-refractivity contribution >= 4 is 34.2 Å². The highest BCUT2D eigenvalue weighted by molar-refractivity contribution is 14.1. The van der Waals surface area contributed by atoms with Crippen LogP contribution in [0.25, 0.3) is 0 Å². The molecule has 17 heavy (non-hydrogen) atoms. The van der Waals surface area contributed by atoms with Crippen LogP contribution in [0.4, 0.5) is 0 Å². The lowest BCUT2D eigenvalue weighted by atomic mass is 10.0. The van der Waals surface area contributed by atoms with Crippen molar-refractivity contribution in [3.63, 3.8) is 0 Å². The molecule has 0 saturated heterocycles. The summed E-state index contributed by atoms with van der Waals surface area (Å²) in [5.74, 6) is 6.10. The third kappa shape index (κ3) is 4.87. The zero-order chi connectivity index (χ0) is 12.7. The fraction of sp³-hybridized carbons (Fsp3) is 0.429. The summed E-state index contributed by atoms with van der Waals surface area (Å²) in [4.78, 5) is 0. The molecule has 0 aliphatic carbocycles. The van der Waals surface area contributed by atoms with E-state index in [4.69, 9.17) is 11.6 Å². The Morgan fingerprint density at radius 1 is 1.47 bits per heavy atom. The summed E-state index contributed by atoms with van der Waals surface area (Å²) in [7, 11) is 0. The van der Waals surface area contributed by atoms with Gasteiger partial charge in [-0.2, -0.15) is 0 Å². The average Bonchev–Trinajstić information content (AvgIpc) is 2.33. The second-order valence-electron chi connectivity index (χ2n) is 3.80. The van der Waals surface area contributed by atoms with E-state index in [9.17, 15) is 0 Å². The summed E-state index contributed by atoms with van der Waals surface area (Å²) in [5.41, 5.74) is 1.24. The number of benzene rings is 1. The Balaban J connectivity index is 2.92. The molecule has 1 N–H and O–H groups in total. The predicted molar refractivity (Wildman–Crippen MR) is 83.3 cm³/mol. The van der Waals surface area contributed by atoms with E-state index < -0.39 is 0 Å². The van der Waals surface area contributed by atoms with Crippen LogP contribution in [0.2, 0.25) is 5.02 Å². The van der Waals surface area contributed by atoms with Crippen molar-refractivity contribution in [3.05, 3.63) is 32.4 Å². The third-order valence-electron chi connectivity index (χ3n) is 2.46. The maximum absolute atomic E-state index is 6.06. The van der Waals surface area contributed by atoms with Crippen LogP contribution in [-0.4, -0.2) is 6.54 Å². The molecule has 0 aliphatic rings. The van der Waals surface area contributed by atoms with Crippen LogP contribution < -0.4 is 5.32 Å². The largest absolute Gasteiger partial charge is 0.309 e. The SMILES string of the molecule is CC#CCC(NCCC)c1cc(Cl)ccc1I. The maximum Gasteiger partial charge on any atom is 0.0441 e. The molecular weight excluding hydrogens is 345 g/mol. The van der Waals surface area contributed by atoms with Gasteiger partial charge in [0, 0.05) is 21.1 Å². The molecule has 1 nitrogen and oxygen atoms in total. The quantitative estimate of drug-likeness (QED) is 0.605. The summed E-state index contributed by atoms with van der Waals surface area (Å²) < 4.78 is 1.23. The van der Waals surface area contributed by atoms with Crippen molar-refractivity contribution in [3.8, 4) is 11.8 Å². The zero-order valence-corrected chi connectivity index (χ0v) is 13.1. The van der Waals surface area contributed by atoms with E-state index in [0.29, 0.717) is 0 Å². The molecule has 0 amide bonds. The van der Waals surface area contributed by atoms with Crippen LogP contribution in [0.1, 0.15) is 38.3 Å². The van der Waals surface area contributed by atoms with Gasteiger partial charge in [-0.15, -0.1) is 11.8 Å². The fourth-order valence-electron chi connectivity index (χ4n) is 1.60. The molecule has 1 aromatic carbocycles. The van der Waals surface area contributed by atoms with Crippen LogP contribution in [0.15, 0.2) is 18.2 Å². The van der Waals surface area contributed by atoms with E-state index in [2.05, 4.69) is 52.7 Å². The van der Waals surface area contributed by atoms with Crippen LogP contribution in [0, 0.1) is 15.4 Å². The highest BCUT2D eigenvalue weighted by Crippen LogP contribution is 2.25. The smallest absolute Gasteiger partial charge is 0.0441 e. The maximum atomic E-state index is 6.06. The summed E-state index contributed by atoms with van der Waals surface area (Å²) >= 11 is 8.41. The Kier molecular flexibility index (Phi) is 6.94. The molecule has 3 heteroatoms. The predicted octanol–water partition coefficient (Wildman–Crippen LogP) is 4.40. The normalized spacial score (nSPS) is 11.8. The van der Waals surface area contributed by atoms with E-state index in [0.717, 1.165) is 24.4 Å². The first-order valence-electron chi connectivity index (χ1n) is 5.77. The number of nitrogens with one attached hydrogen (secondary N) is 1. The Hall–Kier alpha value is -0.240. The minimum absolute atomic E-state index is 0.271. The Morgan fingerprint density at radius 2 is 2.24 bits per heavy atom. The highest BCUT2D eigenvalue weighted by Gasteiger charge is 2.13. The Bertz CT molecular complexity index is 420. The summed E-state index contributed by atoms with van der Waals surface area (Å²) in [6, 6.07) is 6.29. The third-order valence-corrected chi connectivity index (χ3v) is 3.67. The molecule has 1 atom stereocenters. The number of halogens is 2. The molecule has 1 aromatic rings. The fourth-order valence-corrected chi connectivity index (χ4v) is 2.49. The molecule has 0 bridgehead atoms. The van der Waals surface area contributed by atoms with Crippen molar-refractivity contribution in [2.75, 3.05) is 6.54 Å². The van der Waals surface area contributed by atoms with Gasteiger partial charge >= 0.3 is 0 Å². The first-order valence-corrected chi connectivity index (χ1v) is 7.22. The lowest BCUT2D eigenvalue weighted by Crippen LogP contribution is -2.22.